The Morgan fingerprint density at radius 2 is 1.75 bits per heavy atom. The average Bonchev–Trinajstić information content (AvgIpc) is 2.96. The topological polar surface area (TPSA) is 17.4 Å². The monoisotopic (exact) mass is 334 g/mol. The number of benzene rings is 2. The van der Waals surface area contributed by atoms with Gasteiger partial charge in [0.25, 0.3) is 0 Å². The smallest absolute Gasteiger partial charge is 0.416 e. The van der Waals surface area contributed by atoms with Crippen molar-refractivity contribution in [3.8, 4) is 11.4 Å². The molecule has 0 atom stereocenters. The first-order valence-corrected chi connectivity index (χ1v) is 7.35. The Balaban J connectivity index is 2.24. The second-order valence-corrected chi connectivity index (χ2v) is 5.71. The maximum atomic E-state index is 13.1. The normalized spacial score (nSPS) is 11.8. The van der Waals surface area contributed by atoms with Crippen LogP contribution < -0.4 is 9.64 Å². The molecule has 6 heteroatoms. The zero-order valence-corrected chi connectivity index (χ0v) is 13.6. The van der Waals surface area contributed by atoms with Crippen LogP contribution in [0.4, 0.5) is 18.9 Å². The maximum absolute atomic E-state index is 13.1. The lowest BCUT2D eigenvalue weighted by molar-refractivity contribution is -0.137. The van der Waals surface area contributed by atoms with Gasteiger partial charge in [0.15, 0.2) is 0 Å². The van der Waals surface area contributed by atoms with Crippen LogP contribution in [-0.2, 0) is 6.18 Å². The molecule has 0 aliphatic carbocycles. The third-order valence-electron chi connectivity index (χ3n) is 3.94. The minimum atomic E-state index is -4.38. The number of ether oxygens (including phenoxy) is 1. The van der Waals surface area contributed by atoms with Crippen molar-refractivity contribution in [3.05, 3.63) is 54.2 Å². The molecule has 3 rings (SSSR count). The van der Waals surface area contributed by atoms with E-state index in [-0.39, 0.29) is 0 Å². The zero-order valence-electron chi connectivity index (χ0n) is 13.6. The molecule has 3 aromatic rings. The Morgan fingerprint density at radius 3 is 2.38 bits per heavy atom. The number of fused-ring (bicyclic) bond motifs is 1. The zero-order chi connectivity index (χ0) is 17.5. The van der Waals surface area contributed by atoms with Gasteiger partial charge in [0, 0.05) is 25.7 Å². The number of aromatic nitrogens is 1. The number of methoxy groups -OCH3 is 1. The molecule has 0 radical (unpaired) electrons. The standard InChI is InChI=1S/C18H17F3N2O/c1-22(2)16-6-4-13(18(19,20)21)11-17(16)23-9-8-12-10-14(24-3)5-7-15(12)23/h4-11H,1-3H3. The summed E-state index contributed by atoms with van der Waals surface area (Å²) in [6.45, 7) is 0. The third kappa shape index (κ3) is 2.79. The summed E-state index contributed by atoms with van der Waals surface area (Å²) in [6, 6.07) is 11.1. The lowest BCUT2D eigenvalue weighted by atomic mass is 10.1. The number of nitrogens with zero attached hydrogens (tertiary/aromatic N) is 2. The van der Waals surface area contributed by atoms with E-state index < -0.39 is 11.7 Å². The summed E-state index contributed by atoms with van der Waals surface area (Å²) < 4.78 is 46.3. The predicted octanol–water partition coefficient (Wildman–Crippen LogP) is 4.72. The molecular formula is C18H17F3N2O. The van der Waals surface area contributed by atoms with Crippen LogP contribution in [0.1, 0.15) is 5.56 Å². The van der Waals surface area contributed by atoms with Crippen molar-refractivity contribution in [2.45, 2.75) is 6.18 Å². The lowest BCUT2D eigenvalue weighted by Crippen LogP contribution is -2.14. The van der Waals surface area contributed by atoms with Crippen molar-refractivity contribution in [3.63, 3.8) is 0 Å². The molecule has 24 heavy (non-hydrogen) atoms. The third-order valence-corrected chi connectivity index (χ3v) is 3.94. The van der Waals surface area contributed by atoms with Gasteiger partial charge in [-0.25, -0.2) is 0 Å². The van der Waals surface area contributed by atoms with Gasteiger partial charge in [0.1, 0.15) is 5.75 Å². The van der Waals surface area contributed by atoms with Crippen LogP contribution in [0.15, 0.2) is 48.7 Å². The number of halogens is 3. The van der Waals surface area contributed by atoms with Gasteiger partial charge in [-0.1, -0.05) is 0 Å². The summed E-state index contributed by atoms with van der Waals surface area (Å²) in [4.78, 5) is 1.80. The largest absolute Gasteiger partial charge is 0.497 e. The Kier molecular flexibility index (Phi) is 3.91. The highest BCUT2D eigenvalue weighted by atomic mass is 19.4. The molecule has 0 amide bonds. The highest BCUT2D eigenvalue weighted by molar-refractivity contribution is 5.85. The van der Waals surface area contributed by atoms with E-state index in [0.717, 1.165) is 17.0 Å². The van der Waals surface area contributed by atoms with Gasteiger partial charge in [-0.05, 0) is 42.5 Å². The molecule has 0 saturated heterocycles. The number of alkyl halides is 3. The quantitative estimate of drug-likeness (QED) is 0.689. The van der Waals surface area contributed by atoms with Crippen molar-refractivity contribution < 1.29 is 17.9 Å². The Bertz CT molecular complexity index is 882. The fourth-order valence-electron chi connectivity index (χ4n) is 2.73. The number of rotatable bonds is 3. The van der Waals surface area contributed by atoms with E-state index in [1.165, 1.54) is 12.1 Å². The molecule has 3 nitrogen and oxygen atoms in total. The van der Waals surface area contributed by atoms with E-state index >= 15 is 0 Å². The van der Waals surface area contributed by atoms with Gasteiger partial charge >= 0.3 is 6.18 Å². The van der Waals surface area contributed by atoms with Crippen molar-refractivity contribution in [1.29, 1.82) is 0 Å². The van der Waals surface area contributed by atoms with Crippen LogP contribution in [0.5, 0.6) is 5.75 Å². The molecule has 0 unspecified atom stereocenters. The van der Waals surface area contributed by atoms with E-state index in [1.807, 2.05) is 18.2 Å². The number of hydrogen-bond donors (Lipinski definition) is 0. The van der Waals surface area contributed by atoms with Gasteiger partial charge in [0.2, 0.25) is 0 Å². The molecule has 0 fully saturated rings. The van der Waals surface area contributed by atoms with Crippen LogP contribution in [0.25, 0.3) is 16.6 Å². The minimum absolute atomic E-state index is 0.481. The molecule has 0 aliphatic heterocycles. The summed E-state index contributed by atoms with van der Waals surface area (Å²) in [6.07, 6.45) is -2.61. The highest BCUT2D eigenvalue weighted by Crippen LogP contribution is 2.35. The van der Waals surface area contributed by atoms with Gasteiger partial charge in [-0.15, -0.1) is 0 Å². The molecule has 1 aromatic heterocycles. The summed E-state index contributed by atoms with van der Waals surface area (Å²) in [5.74, 6) is 0.706. The van der Waals surface area contributed by atoms with E-state index in [9.17, 15) is 13.2 Å². The van der Waals surface area contributed by atoms with Crippen molar-refractivity contribution >= 4 is 16.6 Å². The average molecular weight is 334 g/mol. The summed E-state index contributed by atoms with van der Waals surface area (Å²) >= 11 is 0. The SMILES string of the molecule is COc1ccc2c(ccn2-c2cc(C(F)(F)F)ccc2N(C)C)c1. The number of hydrogen-bond acceptors (Lipinski definition) is 2. The van der Waals surface area contributed by atoms with E-state index in [0.29, 0.717) is 17.1 Å². The van der Waals surface area contributed by atoms with Crippen LogP contribution in [0, 0.1) is 0 Å². The predicted molar refractivity (Wildman–Crippen MR) is 89.2 cm³/mol. The minimum Gasteiger partial charge on any atom is -0.497 e. The van der Waals surface area contributed by atoms with Crippen molar-refractivity contribution in [2.75, 3.05) is 26.1 Å². The second-order valence-electron chi connectivity index (χ2n) is 5.71. The van der Waals surface area contributed by atoms with Gasteiger partial charge in [-0.2, -0.15) is 13.2 Å². The van der Waals surface area contributed by atoms with Crippen molar-refractivity contribution in [1.82, 2.24) is 4.57 Å². The summed E-state index contributed by atoms with van der Waals surface area (Å²) in [5.41, 5.74) is 1.34. The summed E-state index contributed by atoms with van der Waals surface area (Å²) in [5, 5.41) is 0.900. The van der Waals surface area contributed by atoms with Gasteiger partial charge in [0.05, 0.1) is 29.6 Å². The van der Waals surface area contributed by atoms with Crippen LogP contribution in [0.3, 0.4) is 0 Å². The Hall–Kier alpha value is -2.63. The molecule has 0 aliphatic rings. The fourth-order valence-corrected chi connectivity index (χ4v) is 2.73. The molecule has 0 saturated carbocycles. The molecule has 0 spiro atoms. The molecular weight excluding hydrogens is 317 g/mol. The second kappa shape index (κ2) is 5.78. The molecule has 0 N–H and O–H groups in total. The fraction of sp³-hybridized carbons (Fsp3) is 0.222. The van der Waals surface area contributed by atoms with Crippen LogP contribution >= 0.6 is 0 Å². The lowest BCUT2D eigenvalue weighted by Gasteiger charge is -2.20. The van der Waals surface area contributed by atoms with Crippen LogP contribution in [-0.4, -0.2) is 25.8 Å². The van der Waals surface area contributed by atoms with Crippen LogP contribution in [0.2, 0.25) is 0 Å². The Morgan fingerprint density at radius 1 is 1.00 bits per heavy atom. The molecule has 126 valence electrons. The van der Waals surface area contributed by atoms with Crippen molar-refractivity contribution in [2.24, 2.45) is 0 Å². The van der Waals surface area contributed by atoms with Gasteiger partial charge in [-0.3, -0.25) is 0 Å². The first-order chi connectivity index (χ1) is 11.3. The van der Waals surface area contributed by atoms with E-state index in [1.54, 1.807) is 42.9 Å². The maximum Gasteiger partial charge on any atom is 0.416 e. The first kappa shape index (κ1) is 16.2. The first-order valence-electron chi connectivity index (χ1n) is 7.35. The number of anilines is 1. The molecule has 0 bridgehead atoms. The molecule has 2 aromatic carbocycles. The summed E-state index contributed by atoms with van der Waals surface area (Å²) in [7, 11) is 5.19. The van der Waals surface area contributed by atoms with E-state index in [4.69, 9.17) is 4.74 Å². The Labute approximate surface area is 137 Å². The van der Waals surface area contributed by atoms with E-state index in [2.05, 4.69) is 0 Å². The van der Waals surface area contributed by atoms with Gasteiger partial charge < -0.3 is 14.2 Å². The highest BCUT2D eigenvalue weighted by Gasteiger charge is 2.31. The molecule has 1 heterocycles.